The molecule has 3 nitrogen and oxygen atoms in total. The third-order valence-corrected chi connectivity index (χ3v) is 4.57. The van der Waals surface area contributed by atoms with Crippen LogP contribution in [0.15, 0.2) is 12.1 Å². The van der Waals surface area contributed by atoms with Crippen LogP contribution in [0.4, 0.5) is 0 Å². The molecule has 0 atom stereocenters. The third kappa shape index (κ3) is 3.78. The summed E-state index contributed by atoms with van der Waals surface area (Å²) in [5, 5.41) is 0. The summed E-state index contributed by atoms with van der Waals surface area (Å²) in [7, 11) is 0. The highest BCUT2D eigenvalue weighted by Gasteiger charge is 2.16. The van der Waals surface area contributed by atoms with Gasteiger partial charge in [0.15, 0.2) is 0 Å². The summed E-state index contributed by atoms with van der Waals surface area (Å²) in [5.74, 6) is 0. The third-order valence-electron chi connectivity index (χ3n) is 3.36. The van der Waals surface area contributed by atoms with Crippen molar-refractivity contribution in [3.63, 3.8) is 0 Å². The molecule has 4 heteroatoms. The molecule has 1 aromatic rings. The summed E-state index contributed by atoms with van der Waals surface area (Å²) < 4.78 is 0. The molecule has 0 aliphatic carbocycles. The molecule has 0 spiro atoms. The van der Waals surface area contributed by atoms with E-state index in [0.717, 1.165) is 26.1 Å². The van der Waals surface area contributed by atoms with Crippen LogP contribution >= 0.6 is 11.3 Å². The first-order valence-electron chi connectivity index (χ1n) is 6.54. The molecule has 2 rings (SSSR count). The van der Waals surface area contributed by atoms with Crippen molar-refractivity contribution in [3.05, 3.63) is 21.9 Å². The van der Waals surface area contributed by atoms with Crippen LogP contribution in [0, 0.1) is 0 Å². The van der Waals surface area contributed by atoms with E-state index in [1.807, 2.05) is 11.3 Å². The van der Waals surface area contributed by atoms with Crippen molar-refractivity contribution in [2.24, 2.45) is 5.73 Å². The molecule has 0 bridgehead atoms. The summed E-state index contributed by atoms with van der Waals surface area (Å²) in [6.07, 6.45) is 1.16. The normalized spacial score (nSPS) is 18.7. The van der Waals surface area contributed by atoms with Crippen molar-refractivity contribution < 1.29 is 0 Å². The van der Waals surface area contributed by atoms with Gasteiger partial charge >= 0.3 is 0 Å². The average molecular weight is 253 g/mol. The minimum atomic E-state index is 0.783. The van der Waals surface area contributed by atoms with Gasteiger partial charge in [-0.1, -0.05) is 6.92 Å². The number of nitrogens with zero attached hydrogens (tertiary/aromatic N) is 2. The van der Waals surface area contributed by atoms with E-state index in [4.69, 9.17) is 5.73 Å². The first-order chi connectivity index (χ1) is 8.31. The molecule has 1 aromatic heterocycles. The molecule has 1 fully saturated rings. The lowest BCUT2D eigenvalue weighted by Gasteiger charge is -2.34. The fraction of sp³-hybridized carbons (Fsp3) is 0.692. The fourth-order valence-electron chi connectivity index (χ4n) is 2.27. The zero-order valence-electron chi connectivity index (χ0n) is 10.7. The number of hydrogen-bond acceptors (Lipinski definition) is 4. The van der Waals surface area contributed by atoms with Gasteiger partial charge in [0.1, 0.15) is 0 Å². The first kappa shape index (κ1) is 13.0. The molecule has 2 N–H and O–H groups in total. The van der Waals surface area contributed by atoms with E-state index in [-0.39, 0.29) is 0 Å². The van der Waals surface area contributed by atoms with Crippen molar-refractivity contribution in [3.8, 4) is 0 Å². The lowest BCUT2D eigenvalue weighted by atomic mass is 10.3. The molecule has 17 heavy (non-hydrogen) atoms. The van der Waals surface area contributed by atoms with E-state index < -0.39 is 0 Å². The van der Waals surface area contributed by atoms with Crippen LogP contribution in [0.2, 0.25) is 0 Å². The second kappa shape index (κ2) is 6.50. The number of thiophene rings is 1. The monoisotopic (exact) mass is 253 g/mol. The summed E-state index contributed by atoms with van der Waals surface area (Å²) in [4.78, 5) is 8.02. The number of nitrogens with two attached hydrogens (primary N) is 1. The molecule has 1 saturated heterocycles. The Morgan fingerprint density at radius 1 is 1.12 bits per heavy atom. The Balaban J connectivity index is 1.77. The maximum atomic E-state index is 5.58. The van der Waals surface area contributed by atoms with Gasteiger partial charge in [0.25, 0.3) is 0 Å². The highest BCUT2D eigenvalue weighted by molar-refractivity contribution is 7.11. The van der Waals surface area contributed by atoms with Crippen LogP contribution in [0.1, 0.15) is 16.7 Å². The minimum Gasteiger partial charge on any atom is -0.329 e. The van der Waals surface area contributed by atoms with E-state index in [0.29, 0.717) is 0 Å². The molecule has 0 unspecified atom stereocenters. The Labute approximate surface area is 108 Å². The zero-order chi connectivity index (χ0) is 12.1. The van der Waals surface area contributed by atoms with Crippen LogP contribution in [0.5, 0.6) is 0 Å². The Morgan fingerprint density at radius 2 is 1.76 bits per heavy atom. The lowest BCUT2D eigenvalue weighted by molar-refractivity contribution is 0.130. The molecular formula is C13H23N3S. The van der Waals surface area contributed by atoms with Gasteiger partial charge < -0.3 is 5.73 Å². The van der Waals surface area contributed by atoms with Crippen molar-refractivity contribution in [1.82, 2.24) is 9.80 Å². The van der Waals surface area contributed by atoms with E-state index in [1.165, 1.54) is 35.9 Å². The summed E-state index contributed by atoms with van der Waals surface area (Å²) in [6, 6.07) is 4.56. The van der Waals surface area contributed by atoms with Crippen LogP contribution in [0.3, 0.4) is 0 Å². The van der Waals surface area contributed by atoms with Gasteiger partial charge in [-0.2, -0.15) is 0 Å². The van der Waals surface area contributed by atoms with Gasteiger partial charge in [-0.25, -0.2) is 0 Å². The summed E-state index contributed by atoms with van der Waals surface area (Å²) >= 11 is 1.96. The molecule has 1 aliphatic rings. The van der Waals surface area contributed by atoms with Gasteiger partial charge in [0.05, 0.1) is 0 Å². The first-order valence-corrected chi connectivity index (χ1v) is 7.36. The van der Waals surface area contributed by atoms with E-state index in [9.17, 15) is 0 Å². The predicted molar refractivity (Wildman–Crippen MR) is 74.5 cm³/mol. The smallest absolute Gasteiger partial charge is 0.0329 e. The quantitative estimate of drug-likeness (QED) is 0.860. The largest absolute Gasteiger partial charge is 0.329 e. The molecule has 1 aliphatic heterocycles. The lowest BCUT2D eigenvalue weighted by Crippen LogP contribution is -2.47. The topological polar surface area (TPSA) is 32.5 Å². The average Bonchev–Trinajstić information content (AvgIpc) is 2.80. The molecule has 2 heterocycles. The number of hydrogen-bond donors (Lipinski definition) is 1. The predicted octanol–water partition coefficient (Wildman–Crippen LogP) is 1.39. The molecule has 0 aromatic carbocycles. The standard InChI is InChI=1S/C13H23N3S/c1-2-12-3-4-13(17-12)11-16-9-7-15(6-5-14)8-10-16/h3-4H,2,5-11,14H2,1H3. The highest BCUT2D eigenvalue weighted by Crippen LogP contribution is 2.19. The number of rotatable bonds is 5. The number of piperazine rings is 1. The Hall–Kier alpha value is -0.420. The van der Waals surface area contributed by atoms with Crippen LogP contribution < -0.4 is 5.73 Å². The zero-order valence-corrected chi connectivity index (χ0v) is 11.5. The molecule has 0 radical (unpaired) electrons. The second-order valence-electron chi connectivity index (χ2n) is 4.63. The highest BCUT2D eigenvalue weighted by atomic mass is 32.1. The van der Waals surface area contributed by atoms with Crippen LogP contribution in [-0.2, 0) is 13.0 Å². The van der Waals surface area contributed by atoms with Gasteiger partial charge in [-0.3, -0.25) is 9.80 Å². The van der Waals surface area contributed by atoms with Crippen molar-refractivity contribution in [1.29, 1.82) is 0 Å². The molecule has 0 amide bonds. The SMILES string of the molecule is CCc1ccc(CN2CCN(CCN)CC2)s1. The Kier molecular flexibility index (Phi) is 4.98. The van der Waals surface area contributed by atoms with Gasteiger partial charge in [0, 0.05) is 55.6 Å². The van der Waals surface area contributed by atoms with Crippen molar-refractivity contribution >= 4 is 11.3 Å². The van der Waals surface area contributed by atoms with E-state index in [2.05, 4.69) is 28.9 Å². The van der Waals surface area contributed by atoms with Gasteiger partial charge in [-0.15, -0.1) is 11.3 Å². The molecule has 96 valence electrons. The van der Waals surface area contributed by atoms with E-state index in [1.54, 1.807) is 0 Å². The van der Waals surface area contributed by atoms with Crippen molar-refractivity contribution in [2.45, 2.75) is 19.9 Å². The molecular weight excluding hydrogens is 230 g/mol. The fourth-order valence-corrected chi connectivity index (χ4v) is 3.27. The van der Waals surface area contributed by atoms with Crippen LogP contribution in [0.25, 0.3) is 0 Å². The van der Waals surface area contributed by atoms with Crippen LogP contribution in [-0.4, -0.2) is 49.1 Å². The van der Waals surface area contributed by atoms with E-state index >= 15 is 0 Å². The van der Waals surface area contributed by atoms with Gasteiger partial charge in [-0.05, 0) is 18.6 Å². The summed E-state index contributed by atoms with van der Waals surface area (Å²) in [5.41, 5.74) is 5.58. The number of aryl methyl sites for hydroxylation is 1. The Bertz CT molecular complexity index is 329. The second-order valence-corrected chi connectivity index (χ2v) is 5.88. The summed E-state index contributed by atoms with van der Waals surface area (Å²) in [6.45, 7) is 9.88. The minimum absolute atomic E-state index is 0.783. The Morgan fingerprint density at radius 3 is 2.35 bits per heavy atom. The maximum Gasteiger partial charge on any atom is 0.0329 e. The van der Waals surface area contributed by atoms with Gasteiger partial charge in [0.2, 0.25) is 0 Å². The maximum absolute atomic E-state index is 5.58. The molecule has 0 saturated carbocycles. The van der Waals surface area contributed by atoms with Crippen molar-refractivity contribution in [2.75, 3.05) is 39.3 Å².